The predicted molar refractivity (Wildman–Crippen MR) is 91.8 cm³/mol. The lowest BCUT2D eigenvalue weighted by molar-refractivity contribution is 0.392. The van der Waals surface area contributed by atoms with Gasteiger partial charge in [-0.1, -0.05) is 5.16 Å². The normalized spacial score (nSPS) is 11.1. The summed E-state index contributed by atoms with van der Waals surface area (Å²) in [6.45, 7) is 7.12. The molecule has 7 nitrogen and oxygen atoms in total. The van der Waals surface area contributed by atoms with Crippen LogP contribution in [-0.2, 0) is 13.1 Å². The molecule has 2 aromatic rings. The molecular weight excluding hydrogens is 383 g/mol. The molecule has 2 aromatic heterocycles. The summed E-state index contributed by atoms with van der Waals surface area (Å²) in [7, 11) is 1.74. The highest BCUT2D eigenvalue weighted by molar-refractivity contribution is 14.0. The van der Waals surface area contributed by atoms with Crippen LogP contribution in [0.2, 0.25) is 0 Å². The van der Waals surface area contributed by atoms with Crippen LogP contribution in [-0.4, -0.2) is 28.4 Å². The molecule has 3 N–H and O–H groups in total. The number of aliphatic imine (C=N–C) groups is 1. The first kappa shape index (κ1) is 17.5. The van der Waals surface area contributed by atoms with Gasteiger partial charge in [0.15, 0.2) is 5.96 Å². The van der Waals surface area contributed by atoms with Gasteiger partial charge in [-0.25, -0.2) is 0 Å². The third-order valence-electron chi connectivity index (χ3n) is 3.22. The van der Waals surface area contributed by atoms with Gasteiger partial charge in [-0.2, -0.15) is 5.10 Å². The number of aryl methyl sites for hydroxylation is 3. The monoisotopic (exact) mass is 404 g/mol. The van der Waals surface area contributed by atoms with Crippen molar-refractivity contribution >= 4 is 29.9 Å². The number of hydrogen-bond acceptors (Lipinski definition) is 4. The topological polar surface area (TPSA) is 91.1 Å². The van der Waals surface area contributed by atoms with Gasteiger partial charge >= 0.3 is 0 Å². The molecule has 0 radical (unpaired) electrons. The van der Waals surface area contributed by atoms with Crippen LogP contribution in [0.4, 0.5) is 0 Å². The minimum absolute atomic E-state index is 0. The van der Waals surface area contributed by atoms with Crippen LogP contribution >= 0.6 is 24.0 Å². The summed E-state index contributed by atoms with van der Waals surface area (Å²) in [5, 5.41) is 17.3. The molecule has 2 heterocycles. The fourth-order valence-corrected chi connectivity index (χ4v) is 1.88. The Labute approximate surface area is 141 Å². The van der Waals surface area contributed by atoms with Crippen LogP contribution in [0.5, 0.6) is 0 Å². The Hall–Kier alpha value is -1.58. The smallest absolute Gasteiger partial charge is 0.191 e. The Balaban J connectivity index is 0.00000220. The second-order valence-corrected chi connectivity index (χ2v) is 4.60. The zero-order chi connectivity index (χ0) is 14.5. The Morgan fingerprint density at radius 2 is 2.00 bits per heavy atom. The van der Waals surface area contributed by atoms with Gasteiger partial charge < -0.3 is 15.2 Å². The summed E-state index contributed by atoms with van der Waals surface area (Å²) >= 11 is 0. The van der Waals surface area contributed by atoms with E-state index in [4.69, 9.17) is 4.52 Å². The van der Waals surface area contributed by atoms with Gasteiger partial charge in [0.2, 0.25) is 0 Å². The summed E-state index contributed by atoms with van der Waals surface area (Å²) in [5.74, 6) is 1.56. The molecule has 21 heavy (non-hydrogen) atoms. The molecule has 0 spiro atoms. The first-order chi connectivity index (χ1) is 9.61. The molecule has 0 amide bonds. The minimum atomic E-state index is 0. The fourth-order valence-electron chi connectivity index (χ4n) is 1.88. The lowest BCUT2D eigenvalue weighted by atomic mass is 10.2. The van der Waals surface area contributed by atoms with Crippen molar-refractivity contribution in [3.8, 4) is 0 Å². The second-order valence-electron chi connectivity index (χ2n) is 4.60. The van der Waals surface area contributed by atoms with Gasteiger partial charge in [-0.3, -0.25) is 10.1 Å². The molecule has 0 aliphatic rings. The van der Waals surface area contributed by atoms with Crippen molar-refractivity contribution in [3.05, 3.63) is 34.5 Å². The summed E-state index contributed by atoms with van der Waals surface area (Å²) in [6, 6.07) is 0. The number of nitrogens with one attached hydrogen (secondary N) is 3. The Morgan fingerprint density at radius 3 is 2.52 bits per heavy atom. The van der Waals surface area contributed by atoms with Gasteiger partial charge in [-0.15, -0.1) is 24.0 Å². The van der Waals surface area contributed by atoms with Crippen molar-refractivity contribution in [2.45, 2.75) is 33.9 Å². The Bertz CT molecular complexity index is 584. The standard InChI is InChI=1S/C13H20N6O.HI/c1-8-11(6-17-18-8)5-15-13(14-4)16-7-12-9(2)19-20-10(12)3;/h6H,5,7H2,1-4H3,(H,17,18)(H2,14,15,16);1H. The van der Waals surface area contributed by atoms with E-state index in [2.05, 4.69) is 31.0 Å². The van der Waals surface area contributed by atoms with Gasteiger partial charge in [0.25, 0.3) is 0 Å². The molecule has 116 valence electrons. The quantitative estimate of drug-likeness (QED) is 0.411. The van der Waals surface area contributed by atoms with Crippen molar-refractivity contribution in [3.63, 3.8) is 0 Å². The number of rotatable bonds is 4. The van der Waals surface area contributed by atoms with E-state index < -0.39 is 0 Å². The first-order valence-corrected chi connectivity index (χ1v) is 6.47. The molecule has 0 saturated carbocycles. The molecule has 0 bridgehead atoms. The zero-order valence-corrected chi connectivity index (χ0v) is 15.0. The van der Waals surface area contributed by atoms with E-state index in [-0.39, 0.29) is 24.0 Å². The third-order valence-corrected chi connectivity index (χ3v) is 3.22. The van der Waals surface area contributed by atoms with Crippen molar-refractivity contribution in [2.75, 3.05) is 7.05 Å². The lowest BCUT2D eigenvalue weighted by Crippen LogP contribution is -2.36. The van der Waals surface area contributed by atoms with Crippen LogP contribution in [0.1, 0.15) is 28.3 Å². The fraction of sp³-hybridized carbons (Fsp3) is 0.462. The molecule has 2 rings (SSSR count). The highest BCUT2D eigenvalue weighted by Crippen LogP contribution is 2.11. The maximum atomic E-state index is 5.13. The van der Waals surface area contributed by atoms with E-state index in [9.17, 15) is 0 Å². The maximum Gasteiger partial charge on any atom is 0.191 e. The summed E-state index contributed by atoms with van der Waals surface area (Å²) in [6.07, 6.45) is 1.81. The number of aromatic nitrogens is 3. The SMILES string of the molecule is CN=C(NCc1cn[nH]c1C)NCc1c(C)noc1C.I. The van der Waals surface area contributed by atoms with Crippen LogP contribution in [0, 0.1) is 20.8 Å². The van der Waals surface area contributed by atoms with E-state index in [0.717, 1.165) is 34.2 Å². The first-order valence-electron chi connectivity index (χ1n) is 6.47. The molecule has 0 aromatic carbocycles. The third kappa shape index (κ3) is 4.45. The molecule has 0 fully saturated rings. The number of hydrogen-bond donors (Lipinski definition) is 3. The van der Waals surface area contributed by atoms with Crippen LogP contribution in [0.25, 0.3) is 0 Å². The van der Waals surface area contributed by atoms with Gasteiger partial charge in [0, 0.05) is 37.0 Å². The summed E-state index contributed by atoms with van der Waals surface area (Å²) < 4.78 is 5.13. The highest BCUT2D eigenvalue weighted by Gasteiger charge is 2.09. The van der Waals surface area contributed by atoms with E-state index >= 15 is 0 Å². The summed E-state index contributed by atoms with van der Waals surface area (Å²) in [4.78, 5) is 4.19. The minimum Gasteiger partial charge on any atom is -0.361 e. The molecule has 0 aliphatic carbocycles. The molecular formula is C13H21IN6O. The van der Waals surface area contributed by atoms with E-state index in [1.165, 1.54) is 0 Å². The largest absolute Gasteiger partial charge is 0.361 e. The predicted octanol–water partition coefficient (Wildman–Crippen LogP) is 1.81. The maximum absolute atomic E-state index is 5.13. The van der Waals surface area contributed by atoms with Gasteiger partial charge in [-0.05, 0) is 20.8 Å². The van der Waals surface area contributed by atoms with Crippen LogP contribution in [0.15, 0.2) is 15.7 Å². The summed E-state index contributed by atoms with van der Waals surface area (Å²) in [5.41, 5.74) is 4.13. The lowest BCUT2D eigenvalue weighted by Gasteiger charge is -2.11. The van der Waals surface area contributed by atoms with Crippen molar-refractivity contribution < 1.29 is 4.52 Å². The Morgan fingerprint density at radius 1 is 1.29 bits per heavy atom. The molecule has 0 aliphatic heterocycles. The molecule has 0 unspecified atom stereocenters. The molecule has 8 heteroatoms. The van der Waals surface area contributed by atoms with E-state index in [0.29, 0.717) is 13.1 Å². The van der Waals surface area contributed by atoms with E-state index in [1.54, 1.807) is 7.05 Å². The average Bonchev–Trinajstić information content (AvgIpc) is 2.98. The van der Waals surface area contributed by atoms with Crippen LogP contribution < -0.4 is 10.6 Å². The van der Waals surface area contributed by atoms with Crippen molar-refractivity contribution in [1.82, 2.24) is 26.0 Å². The zero-order valence-electron chi connectivity index (χ0n) is 12.6. The van der Waals surface area contributed by atoms with Gasteiger partial charge in [0.05, 0.1) is 11.9 Å². The molecule has 0 atom stereocenters. The number of nitrogens with zero attached hydrogens (tertiary/aromatic N) is 3. The number of H-pyrrole nitrogens is 1. The second kappa shape index (κ2) is 8.01. The highest BCUT2D eigenvalue weighted by atomic mass is 127. The van der Waals surface area contributed by atoms with E-state index in [1.807, 2.05) is 27.0 Å². The Kier molecular flexibility index (Phi) is 6.66. The number of aromatic amines is 1. The van der Waals surface area contributed by atoms with Gasteiger partial charge in [0.1, 0.15) is 5.76 Å². The van der Waals surface area contributed by atoms with Crippen molar-refractivity contribution in [1.29, 1.82) is 0 Å². The number of guanidine groups is 1. The molecule has 0 saturated heterocycles. The van der Waals surface area contributed by atoms with Crippen molar-refractivity contribution in [2.24, 2.45) is 4.99 Å². The average molecular weight is 404 g/mol. The number of halogens is 1. The van der Waals surface area contributed by atoms with Crippen LogP contribution in [0.3, 0.4) is 0 Å².